The van der Waals surface area contributed by atoms with Gasteiger partial charge in [-0.2, -0.15) is 0 Å². The van der Waals surface area contributed by atoms with E-state index >= 15 is 0 Å². The molecule has 0 saturated heterocycles. The third kappa shape index (κ3) is 5.86. The number of ether oxygens (including phenoxy) is 2. The zero-order chi connectivity index (χ0) is 14.1. The molecular weight excluding hydrogens is 244 g/mol. The molecule has 0 aliphatic heterocycles. The van der Waals surface area contributed by atoms with Gasteiger partial charge in [0.25, 0.3) is 0 Å². The standard InChI is InChI=1S/C15H18O4/c1-3-19-15(17)11-13-9-7-12(8-10-13)5-4-6-14(16)18-2/h4-5,7-10H,3,6,11H2,1-2H3. The van der Waals surface area contributed by atoms with E-state index in [1.165, 1.54) is 7.11 Å². The molecule has 0 aliphatic carbocycles. The van der Waals surface area contributed by atoms with Crippen LogP contribution >= 0.6 is 0 Å². The van der Waals surface area contributed by atoms with E-state index in [0.717, 1.165) is 11.1 Å². The van der Waals surface area contributed by atoms with Gasteiger partial charge in [-0.25, -0.2) is 0 Å². The highest BCUT2D eigenvalue weighted by Crippen LogP contribution is 2.08. The number of benzene rings is 1. The number of carbonyl (C=O) groups excluding carboxylic acids is 2. The van der Waals surface area contributed by atoms with Crippen LogP contribution in [0.1, 0.15) is 24.5 Å². The number of methoxy groups -OCH3 is 1. The third-order valence-corrected chi connectivity index (χ3v) is 2.46. The first-order chi connectivity index (χ1) is 9.15. The molecule has 102 valence electrons. The average Bonchev–Trinajstić information content (AvgIpc) is 2.41. The van der Waals surface area contributed by atoms with Crippen molar-refractivity contribution in [3.63, 3.8) is 0 Å². The van der Waals surface area contributed by atoms with Gasteiger partial charge >= 0.3 is 11.9 Å². The lowest BCUT2D eigenvalue weighted by atomic mass is 10.1. The van der Waals surface area contributed by atoms with Gasteiger partial charge in [-0.05, 0) is 18.1 Å². The van der Waals surface area contributed by atoms with Crippen LogP contribution in [0.25, 0.3) is 6.08 Å². The van der Waals surface area contributed by atoms with Crippen LogP contribution in [0.2, 0.25) is 0 Å². The molecule has 0 spiro atoms. The summed E-state index contributed by atoms with van der Waals surface area (Å²) in [5.41, 5.74) is 1.88. The van der Waals surface area contributed by atoms with Gasteiger partial charge in [-0.3, -0.25) is 9.59 Å². The van der Waals surface area contributed by atoms with Gasteiger partial charge in [0, 0.05) is 0 Å². The maximum atomic E-state index is 11.3. The minimum atomic E-state index is -0.268. The van der Waals surface area contributed by atoms with E-state index in [1.807, 2.05) is 30.3 Å². The zero-order valence-electron chi connectivity index (χ0n) is 11.2. The Labute approximate surface area is 113 Å². The Hall–Kier alpha value is -2.10. The van der Waals surface area contributed by atoms with Crippen LogP contribution in [0.15, 0.2) is 30.3 Å². The summed E-state index contributed by atoms with van der Waals surface area (Å²) in [7, 11) is 1.36. The first kappa shape index (κ1) is 15.0. The predicted molar refractivity (Wildman–Crippen MR) is 72.4 cm³/mol. The van der Waals surface area contributed by atoms with Crippen molar-refractivity contribution < 1.29 is 19.1 Å². The molecule has 0 unspecified atom stereocenters. The fourth-order valence-corrected chi connectivity index (χ4v) is 1.50. The normalized spacial score (nSPS) is 10.4. The smallest absolute Gasteiger partial charge is 0.310 e. The number of carbonyl (C=O) groups is 2. The summed E-state index contributed by atoms with van der Waals surface area (Å²) < 4.78 is 9.41. The van der Waals surface area contributed by atoms with Crippen molar-refractivity contribution in [1.82, 2.24) is 0 Å². The number of hydrogen-bond donors (Lipinski definition) is 0. The van der Waals surface area contributed by atoms with Crippen molar-refractivity contribution in [3.8, 4) is 0 Å². The van der Waals surface area contributed by atoms with Crippen molar-refractivity contribution >= 4 is 18.0 Å². The van der Waals surface area contributed by atoms with Crippen molar-refractivity contribution in [1.29, 1.82) is 0 Å². The van der Waals surface area contributed by atoms with Gasteiger partial charge in [-0.15, -0.1) is 0 Å². The molecule has 1 aromatic rings. The van der Waals surface area contributed by atoms with E-state index < -0.39 is 0 Å². The minimum Gasteiger partial charge on any atom is -0.469 e. The molecule has 1 aromatic carbocycles. The molecule has 0 radical (unpaired) electrons. The highest BCUT2D eigenvalue weighted by Gasteiger charge is 2.03. The molecule has 0 aromatic heterocycles. The Bertz CT molecular complexity index is 446. The van der Waals surface area contributed by atoms with E-state index in [0.29, 0.717) is 6.61 Å². The molecule has 4 heteroatoms. The van der Waals surface area contributed by atoms with E-state index in [-0.39, 0.29) is 24.8 Å². The molecule has 0 amide bonds. The summed E-state index contributed by atoms with van der Waals surface area (Å²) in [5, 5.41) is 0. The lowest BCUT2D eigenvalue weighted by Crippen LogP contribution is -2.07. The van der Waals surface area contributed by atoms with Crippen molar-refractivity contribution in [2.24, 2.45) is 0 Å². The first-order valence-electron chi connectivity index (χ1n) is 6.13. The second kappa shape index (κ2) is 8.08. The maximum Gasteiger partial charge on any atom is 0.310 e. The monoisotopic (exact) mass is 262 g/mol. The maximum absolute atomic E-state index is 11.3. The van der Waals surface area contributed by atoms with E-state index in [1.54, 1.807) is 13.0 Å². The molecule has 0 N–H and O–H groups in total. The molecule has 19 heavy (non-hydrogen) atoms. The quantitative estimate of drug-likeness (QED) is 0.738. The minimum absolute atomic E-state index is 0.225. The topological polar surface area (TPSA) is 52.6 Å². The van der Waals surface area contributed by atoms with Gasteiger partial charge in [0.1, 0.15) is 0 Å². The summed E-state index contributed by atoms with van der Waals surface area (Å²) in [4.78, 5) is 22.2. The summed E-state index contributed by atoms with van der Waals surface area (Å²) in [6.07, 6.45) is 4.11. The van der Waals surface area contributed by atoms with Crippen molar-refractivity contribution in [2.45, 2.75) is 19.8 Å². The Balaban J connectivity index is 2.52. The molecule has 0 aliphatic rings. The summed E-state index contributed by atoms with van der Waals surface area (Å²) in [6, 6.07) is 7.52. The molecular formula is C15H18O4. The van der Waals surface area contributed by atoms with Crippen LogP contribution in [-0.4, -0.2) is 25.7 Å². The van der Waals surface area contributed by atoms with Crippen LogP contribution in [0.5, 0.6) is 0 Å². The fourth-order valence-electron chi connectivity index (χ4n) is 1.50. The first-order valence-corrected chi connectivity index (χ1v) is 6.13. The summed E-state index contributed by atoms with van der Waals surface area (Å²) in [5.74, 6) is -0.494. The molecule has 1 rings (SSSR count). The van der Waals surface area contributed by atoms with Crippen LogP contribution in [0.3, 0.4) is 0 Å². The SMILES string of the molecule is CCOC(=O)Cc1ccc(C=CCC(=O)OC)cc1. The van der Waals surface area contributed by atoms with Crippen LogP contribution < -0.4 is 0 Å². The predicted octanol–water partition coefficient (Wildman–Crippen LogP) is 2.37. The zero-order valence-corrected chi connectivity index (χ0v) is 11.2. The van der Waals surface area contributed by atoms with Crippen molar-refractivity contribution in [2.75, 3.05) is 13.7 Å². The lowest BCUT2D eigenvalue weighted by Gasteiger charge is -2.02. The molecule has 4 nitrogen and oxygen atoms in total. The molecule has 0 saturated carbocycles. The Morgan fingerprint density at radius 2 is 1.84 bits per heavy atom. The Morgan fingerprint density at radius 3 is 2.42 bits per heavy atom. The molecule has 0 heterocycles. The van der Waals surface area contributed by atoms with Gasteiger partial charge in [0.2, 0.25) is 0 Å². The van der Waals surface area contributed by atoms with Gasteiger partial charge < -0.3 is 9.47 Å². The Morgan fingerprint density at radius 1 is 1.16 bits per heavy atom. The van der Waals surface area contributed by atoms with Crippen LogP contribution in [0, 0.1) is 0 Å². The van der Waals surface area contributed by atoms with Gasteiger partial charge in [-0.1, -0.05) is 36.4 Å². The van der Waals surface area contributed by atoms with Crippen LogP contribution in [-0.2, 0) is 25.5 Å². The van der Waals surface area contributed by atoms with E-state index in [4.69, 9.17) is 4.74 Å². The lowest BCUT2D eigenvalue weighted by molar-refractivity contribution is -0.142. The van der Waals surface area contributed by atoms with Crippen LogP contribution in [0.4, 0.5) is 0 Å². The number of esters is 2. The highest BCUT2D eigenvalue weighted by molar-refractivity contribution is 5.73. The average molecular weight is 262 g/mol. The molecule has 0 fully saturated rings. The fraction of sp³-hybridized carbons (Fsp3) is 0.333. The van der Waals surface area contributed by atoms with Crippen molar-refractivity contribution in [3.05, 3.63) is 41.5 Å². The Kier molecular flexibility index (Phi) is 6.36. The van der Waals surface area contributed by atoms with Gasteiger partial charge in [0.15, 0.2) is 0 Å². The highest BCUT2D eigenvalue weighted by atomic mass is 16.5. The van der Waals surface area contributed by atoms with E-state index in [9.17, 15) is 9.59 Å². The second-order valence-corrected chi connectivity index (χ2v) is 3.91. The third-order valence-electron chi connectivity index (χ3n) is 2.46. The number of rotatable bonds is 6. The number of hydrogen-bond acceptors (Lipinski definition) is 4. The summed E-state index contributed by atoms with van der Waals surface area (Å²) in [6.45, 7) is 2.18. The van der Waals surface area contributed by atoms with Gasteiger partial charge in [0.05, 0.1) is 26.6 Å². The van der Waals surface area contributed by atoms with E-state index in [2.05, 4.69) is 4.74 Å². The largest absolute Gasteiger partial charge is 0.469 e. The molecule has 0 bridgehead atoms. The second-order valence-electron chi connectivity index (χ2n) is 3.91. The summed E-state index contributed by atoms with van der Waals surface area (Å²) >= 11 is 0. The molecule has 0 atom stereocenters.